The molecule has 1 aromatic carbocycles. The van der Waals surface area contributed by atoms with Crippen LogP contribution in [0.25, 0.3) is 17.1 Å². The second-order valence-corrected chi connectivity index (χ2v) is 7.06. The zero-order valence-electron chi connectivity index (χ0n) is 14.5. The summed E-state index contributed by atoms with van der Waals surface area (Å²) in [4.78, 5) is 28.9. The molecule has 1 saturated heterocycles. The number of rotatable bonds is 6. The number of benzene rings is 1. The summed E-state index contributed by atoms with van der Waals surface area (Å²) in [5.41, 5.74) is 1.86. The lowest BCUT2D eigenvalue weighted by molar-refractivity contribution is -0.137. The van der Waals surface area contributed by atoms with E-state index in [0.717, 1.165) is 17.1 Å². The topological polar surface area (TPSA) is 81.0 Å². The highest BCUT2D eigenvalue weighted by atomic mass is 32.2. The van der Waals surface area contributed by atoms with E-state index < -0.39 is 0 Å². The molecule has 0 saturated carbocycles. The molecule has 7 nitrogen and oxygen atoms in total. The third kappa shape index (κ3) is 3.61. The molecule has 0 bridgehead atoms. The monoisotopic (exact) mass is 379 g/mol. The first-order valence-corrected chi connectivity index (χ1v) is 9.60. The first-order valence-electron chi connectivity index (χ1n) is 8.61. The summed E-state index contributed by atoms with van der Waals surface area (Å²) in [7, 11) is 0. The Hall–Kier alpha value is -3.00. The Morgan fingerprint density at radius 2 is 1.63 bits per heavy atom. The van der Waals surface area contributed by atoms with Gasteiger partial charge in [-0.05, 0) is 24.3 Å². The van der Waals surface area contributed by atoms with E-state index in [1.54, 1.807) is 12.4 Å². The van der Waals surface area contributed by atoms with Crippen LogP contribution in [0, 0.1) is 0 Å². The van der Waals surface area contributed by atoms with Gasteiger partial charge in [-0.15, -0.1) is 10.2 Å². The first-order chi connectivity index (χ1) is 13.2. The number of nitrogens with zero attached hydrogens (tertiary/aromatic N) is 5. The van der Waals surface area contributed by atoms with E-state index >= 15 is 0 Å². The van der Waals surface area contributed by atoms with E-state index in [-0.39, 0.29) is 11.8 Å². The van der Waals surface area contributed by atoms with Crippen molar-refractivity contribution in [2.24, 2.45) is 0 Å². The SMILES string of the molecule is O=C1CCC(=O)N1CCSc1nnc(-c2ccncc2)n1-c1ccccc1. The van der Waals surface area contributed by atoms with Gasteiger partial charge in [0.1, 0.15) is 0 Å². The van der Waals surface area contributed by atoms with Crippen LogP contribution in [0.4, 0.5) is 0 Å². The van der Waals surface area contributed by atoms with E-state index in [2.05, 4.69) is 15.2 Å². The quantitative estimate of drug-likeness (QED) is 0.484. The highest BCUT2D eigenvalue weighted by molar-refractivity contribution is 7.99. The molecule has 4 rings (SSSR count). The number of hydrogen-bond donors (Lipinski definition) is 0. The molecule has 1 aliphatic rings. The van der Waals surface area contributed by atoms with E-state index in [1.165, 1.54) is 16.7 Å². The standard InChI is InChI=1S/C19H17N5O2S/c25-16-6-7-17(26)23(16)12-13-27-19-22-21-18(14-8-10-20-11-9-14)24(19)15-4-2-1-3-5-15/h1-5,8-11H,6-7,12-13H2. The van der Waals surface area contributed by atoms with Crippen molar-refractivity contribution in [2.75, 3.05) is 12.3 Å². The average Bonchev–Trinajstić information content (AvgIpc) is 3.27. The lowest BCUT2D eigenvalue weighted by Crippen LogP contribution is -2.31. The van der Waals surface area contributed by atoms with Gasteiger partial charge in [-0.25, -0.2) is 0 Å². The summed E-state index contributed by atoms with van der Waals surface area (Å²) in [6.45, 7) is 0.384. The lowest BCUT2D eigenvalue weighted by Gasteiger charge is -2.14. The van der Waals surface area contributed by atoms with Crippen molar-refractivity contribution in [1.29, 1.82) is 0 Å². The number of thioether (sulfide) groups is 1. The van der Waals surface area contributed by atoms with Gasteiger partial charge < -0.3 is 0 Å². The predicted octanol–water partition coefficient (Wildman–Crippen LogP) is 2.57. The van der Waals surface area contributed by atoms with E-state index in [0.29, 0.717) is 30.3 Å². The lowest BCUT2D eigenvalue weighted by atomic mass is 10.2. The molecule has 0 N–H and O–H groups in total. The van der Waals surface area contributed by atoms with Crippen molar-refractivity contribution < 1.29 is 9.59 Å². The van der Waals surface area contributed by atoms with Gasteiger partial charge in [0.05, 0.1) is 0 Å². The van der Waals surface area contributed by atoms with Crippen LogP contribution in [0.3, 0.4) is 0 Å². The number of hydrogen-bond acceptors (Lipinski definition) is 6. The Kier molecular flexibility index (Phi) is 4.97. The van der Waals surface area contributed by atoms with E-state index in [9.17, 15) is 9.59 Å². The maximum absolute atomic E-state index is 11.8. The van der Waals surface area contributed by atoms with Gasteiger partial charge >= 0.3 is 0 Å². The number of imide groups is 1. The highest BCUT2D eigenvalue weighted by Crippen LogP contribution is 2.28. The second kappa shape index (κ2) is 7.71. The molecule has 0 atom stereocenters. The average molecular weight is 379 g/mol. The normalized spacial score (nSPS) is 14.1. The molecule has 2 aromatic heterocycles. The summed E-state index contributed by atoms with van der Waals surface area (Å²) in [5, 5.41) is 9.41. The summed E-state index contributed by atoms with van der Waals surface area (Å²) in [6, 6.07) is 13.6. The molecular weight excluding hydrogens is 362 g/mol. The summed E-state index contributed by atoms with van der Waals surface area (Å²) in [6.07, 6.45) is 4.07. The van der Waals surface area contributed by atoms with Crippen molar-refractivity contribution in [3.8, 4) is 17.1 Å². The second-order valence-electron chi connectivity index (χ2n) is 6.00. The van der Waals surface area contributed by atoms with Crippen LogP contribution in [0.1, 0.15) is 12.8 Å². The zero-order chi connectivity index (χ0) is 18.6. The van der Waals surface area contributed by atoms with Crippen molar-refractivity contribution in [2.45, 2.75) is 18.0 Å². The molecule has 1 fully saturated rings. The number of carbonyl (C=O) groups is 2. The molecule has 0 radical (unpaired) electrons. The van der Waals surface area contributed by atoms with Crippen LogP contribution in [0.15, 0.2) is 60.0 Å². The number of amides is 2. The highest BCUT2D eigenvalue weighted by Gasteiger charge is 2.28. The first kappa shape index (κ1) is 17.4. The Bertz CT molecular complexity index is 943. The maximum atomic E-state index is 11.8. The third-order valence-electron chi connectivity index (χ3n) is 4.29. The minimum atomic E-state index is -0.0948. The van der Waals surface area contributed by atoms with Crippen molar-refractivity contribution in [3.05, 3.63) is 54.9 Å². The number of pyridine rings is 1. The van der Waals surface area contributed by atoms with Crippen LogP contribution < -0.4 is 0 Å². The van der Waals surface area contributed by atoms with Crippen LogP contribution in [-0.2, 0) is 9.59 Å². The molecule has 3 aromatic rings. The molecule has 0 aliphatic carbocycles. The van der Waals surface area contributed by atoms with Crippen molar-refractivity contribution >= 4 is 23.6 Å². The fourth-order valence-electron chi connectivity index (χ4n) is 2.96. The number of likely N-dealkylation sites (tertiary alicyclic amines) is 1. The molecular formula is C19H17N5O2S. The minimum Gasteiger partial charge on any atom is -0.282 e. The number of para-hydroxylation sites is 1. The van der Waals surface area contributed by atoms with Gasteiger partial charge in [0.25, 0.3) is 0 Å². The van der Waals surface area contributed by atoms with Crippen LogP contribution in [-0.4, -0.2) is 48.8 Å². The van der Waals surface area contributed by atoms with Crippen molar-refractivity contribution in [3.63, 3.8) is 0 Å². The smallest absolute Gasteiger partial charge is 0.229 e. The molecule has 27 heavy (non-hydrogen) atoms. The summed E-state index contributed by atoms with van der Waals surface area (Å²) >= 11 is 1.48. The fourth-order valence-corrected chi connectivity index (χ4v) is 3.84. The van der Waals surface area contributed by atoms with Crippen LogP contribution in [0.5, 0.6) is 0 Å². The van der Waals surface area contributed by atoms with Gasteiger partial charge in [-0.2, -0.15) is 0 Å². The molecule has 0 spiro atoms. The fraction of sp³-hybridized carbons (Fsp3) is 0.211. The Morgan fingerprint density at radius 3 is 2.33 bits per heavy atom. The van der Waals surface area contributed by atoms with E-state index in [4.69, 9.17) is 0 Å². The molecule has 3 heterocycles. The van der Waals surface area contributed by atoms with Crippen molar-refractivity contribution in [1.82, 2.24) is 24.6 Å². The largest absolute Gasteiger partial charge is 0.282 e. The Morgan fingerprint density at radius 1 is 0.926 bits per heavy atom. The molecule has 1 aliphatic heterocycles. The van der Waals surface area contributed by atoms with Crippen LogP contribution >= 0.6 is 11.8 Å². The molecule has 136 valence electrons. The van der Waals surface area contributed by atoms with Crippen LogP contribution in [0.2, 0.25) is 0 Å². The molecule has 2 amide bonds. The number of aromatic nitrogens is 4. The van der Waals surface area contributed by atoms with Gasteiger partial charge in [0.2, 0.25) is 11.8 Å². The van der Waals surface area contributed by atoms with Gasteiger partial charge in [-0.3, -0.25) is 24.0 Å². The summed E-state index contributed by atoms with van der Waals surface area (Å²) in [5.74, 6) is 1.10. The Labute approximate surface area is 160 Å². The molecule has 0 unspecified atom stereocenters. The minimum absolute atomic E-state index is 0.0948. The van der Waals surface area contributed by atoms with Gasteiger partial charge in [0.15, 0.2) is 11.0 Å². The van der Waals surface area contributed by atoms with Gasteiger partial charge in [-0.1, -0.05) is 30.0 Å². The zero-order valence-corrected chi connectivity index (χ0v) is 15.3. The predicted molar refractivity (Wildman–Crippen MR) is 101 cm³/mol. The summed E-state index contributed by atoms with van der Waals surface area (Å²) < 4.78 is 1.98. The maximum Gasteiger partial charge on any atom is 0.229 e. The van der Waals surface area contributed by atoms with E-state index in [1.807, 2.05) is 47.0 Å². The third-order valence-corrected chi connectivity index (χ3v) is 5.20. The number of carbonyl (C=O) groups excluding carboxylic acids is 2. The van der Waals surface area contributed by atoms with Gasteiger partial charge in [0, 0.05) is 48.8 Å². The molecule has 8 heteroatoms. The Balaban J connectivity index is 1.60.